The molecule has 0 spiro atoms. The monoisotopic (exact) mass is 321 g/mol. The number of pyridine rings is 1. The lowest BCUT2D eigenvalue weighted by Gasteiger charge is -2.04. The third-order valence-corrected chi connectivity index (χ3v) is 4.73. The van der Waals surface area contributed by atoms with Gasteiger partial charge in [-0.1, -0.05) is 17.3 Å². The van der Waals surface area contributed by atoms with Crippen LogP contribution in [0.3, 0.4) is 0 Å². The molecular weight excluding hydrogens is 314 g/mol. The van der Waals surface area contributed by atoms with E-state index in [-0.39, 0.29) is 5.56 Å². The number of rotatable bonds is 0. The summed E-state index contributed by atoms with van der Waals surface area (Å²) in [5, 5.41) is 10.5. The minimum atomic E-state index is -0.312. The van der Waals surface area contributed by atoms with E-state index in [0.717, 1.165) is 11.0 Å². The van der Waals surface area contributed by atoms with Gasteiger partial charge in [0.05, 0.1) is 22.1 Å². The number of fused-ring (bicyclic) bond motifs is 5. The van der Waals surface area contributed by atoms with Crippen LogP contribution < -0.4 is 11.3 Å². The van der Waals surface area contributed by atoms with Gasteiger partial charge in [0, 0.05) is 0 Å². The van der Waals surface area contributed by atoms with Crippen molar-refractivity contribution in [1.29, 1.82) is 0 Å². The molecule has 0 bridgehead atoms. The van der Waals surface area contributed by atoms with Gasteiger partial charge in [-0.25, -0.2) is 20.1 Å². The van der Waals surface area contributed by atoms with Gasteiger partial charge in [0.2, 0.25) is 0 Å². The Hall–Kier alpha value is -3.20. The minimum absolute atomic E-state index is 0.312. The minimum Gasteiger partial charge on any atom is -0.396 e. The molecule has 4 aromatic heterocycles. The van der Waals surface area contributed by atoms with Gasteiger partial charge in [0.25, 0.3) is 5.56 Å². The molecule has 0 amide bonds. The number of aromatic nitrogens is 6. The van der Waals surface area contributed by atoms with Gasteiger partial charge in [-0.15, -0.1) is 16.4 Å². The molecule has 0 unspecified atom stereocenters. The molecule has 0 aliphatic carbocycles. The van der Waals surface area contributed by atoms with E-state index in [9.17, 15) is 4.79 Å². The summed E-state index contributed by atoms with van der Waals surface area (Å²) in [5.41, 5.74) is 9.25. The number of H-pyrrole nitrogens is 1. The van der Waals surface area contributed by atoms with Crippen molar-refractivity contribution >= 4 is 59.7 Å². The molecule has 5 aromatic rings. The van der Waals surface area contributed by atoms with Gasteiger partial charge in [0.1, 0.15) is 20.6 Å². The zero-order valence-electron chi connectivity index (χ0n) is 11.4. The summed E-state index contributed by atoms with van der Waals surface area (Å²) in [6.45, 7) is 0. The van der Waals surface area contributed by atoms with Crippen molar-refractivity contribution in [3.63, 3.8) is 0 Å². The fraction of sp³-hybridized carbons (Fsp3) is 0. The first-order chi connectivity index (χ1) is 11.2. The number of thiophene rings is 1. The first-order valence-corrected chi connectivity index (χ1v) is 7.53. The second kappa shape index (κ2) is 4.17. The second-order valence-corrected chi connectivity index (χ2v) is 6.01. The molecular formula is C14H7N7OS. The largest absolute Gasteiger partial charge is 0.396 e. The highest BCUT2D eigenvalue weighted by atomic mass is 32.1. The number of benzene rings is 1. The van der Waals surface area contributed by atoms with E-state index in [4.69, 9.17) is 5.73 Å². The zero-order valence-corrected chi connectivity index (χ0v) is 12.3. The zero-order chi connectivity index (χ0) is 15.6. The maximum atomic E-state index is 11.9. The average molecular weight is 321 g/mol. The number of aromatic amines is 1. The number of nitrogen functional groups attached to an aromatic ring is 1. The van der Waals surface area contributed by atoms with Gasteiger partial charge in [0.15, 0.2) is 5.65 Å². The lowest BCUT2D eigenvalue weighted by atomic mass is 10.2. The molecule has 110 valence electrons. The molecule has 3 N–H and O–H groups in total. The molecule has 1 aromatic carbocycles. The van der Waals surface area contributed by atoms with Crippen LogP contribution in [0.1, 0.15) is 0 Å². The normalized spacial score (nSPS) is 11.8. The molecule has 0 saturated carbocycles. The first kappa shape index (κ1) is 12.4. The van der Waals surface area contributed by atoms with Gasteiger partial charge in [-0.05, 0) is 12.1 Å². The Morgan fingerprint density at radius 1 is 1.04 bits per heavy atom. The van der Waals surface area contributed by atoms with Gasteiger partial charge >= 0.3 is 0 Å². The number of anilines is 1. The molecule has 0 radical (unpaired) electrons. The van der Waals surface area contributed by atoms with Crippen LogP contribution in [0, 0.1) is 0 Å². The third-order valence-electron chi connectivity index (χ3n) is 3.66. The molecule has 5 rings (SSSR count). The van der Waals surface area contributed by atoms with Crippen LogP contribution in [0.5, 0.6) is 0 Å². The first-order valence-electron chi connectivity index (χ1n) is 6.72. The van der Waals surface area contributed by atoms with Crippen molar-refractivity contribution in [3.05, 3.63) is 34.6 Å². The number of nitrogens with one attached hydrogen (secondary N) is 1. The van der Waals surface area contributed by atoms with Crippen LogP contribution in [0.25, 0.3) is 42.6 Å². The molecule has 23 heavy (non-hydrogen) atoms. The van der Waals surface area contributed by atoms with E-state index in [1.54, 1.807) is 0 Å². The van der Waals surface area contributed by atoms with Crippen molar-refractivity contribution in [2.45, 2.75) is 0 Å². The summed E-state index contributed by atoms with van der Waals surface area (Å²) < 4.78 is 0.439. The van der Waals surface area contributed by atoms with Crippen molar-refractivity contribution in [1.82, 2.24) is 30.4 Å². The fourth-order valence-electron chi connectivity index (χ4n) is 2.62. The van der Waals surface area contributed by atoms with Gasteiger partial charge in [-0.2, -0.15) is 0 Å². The smallest absolute Gasteiger partial charge is 0.285 e. The number of para-hydroxylation sites is 2. The highest BCUT2D eigenvalue weighted by Gasteiger charge is 2.18. The topological polar surface area (TPSA) is 123 Å². The van der Waals surface area contributed by atoms with Crippen LogP contribution >= 0.6 is 11.3 Å². The number of nitrogens with zero attached hydrogens (tertiary/aromatic N) is 5. The summed E-state index contributed by atoms with van der Waals surface area (Å²) in [5.74, 6) is 0. The second-order valence-electron chi connectivity index (χ2n) is 5.01. The molecule has 0 aliphatic rings. The Kier molecular flexibility index (Phi) is 2.24. The summed E-state index contributed by atoms with van der Waals surface area (Å²) in [6.07, 6.45) is 0. The standard InChI is InChI=1S/C14H7N7OS/c15-8-7-9-11(13(22)20-21-19-9)23-14(7)18-12-10(8)16-5-3-1-2-4-6(5)17-12/h1-4H,(H2,15,17,18)(H,19,20,22). The van der Waals surface area contributed by atoms with Crippen molar-refractivity contribution in [2.24, 2.45) is 0 Å². The van der Waals surface area contributed by atoms with Crippen LogP contribution in [0.15, 0.2) is 29.1 Å². The lowest BCUT2D eigenvalue weighted by Crippen LogP contribution is -2.07. The molecule has 0 saturated heterocycles. The Balaban J connectivity index is 2.06. The molecule has 4 heterocycles. The highest BCUT2D eigenvalue weighted by molar-refractivity contribution is 7.25. The van der Waals surface area contributed by atoms with Crippen LogP contribution in [0.4, 0.5) is 5.69 Å². The van der Waals surface area contributed by atoms with E-state index >= 15 is 0 Å². The predicted octanol–water partition coefficient (Wildman–Crippen LogP) is 1.61. The third kappa shape index (κ3) is 1.59. The van der Waals surface area contributed by atoms with Crippen molar-refractivity contribution in [3.8, 4) is 0 Å². The summed E-state index contributed by atoms with van der Waals surface area (Å²) in [6, 6.07) is 7.50. The van der Waals surface area contributed by atoms with E-state index in [1.165, 1.54) is 11.3 Å². The van der Waals surface area contributed by atoms with Crippen LogP contribution in [-0.2, 0) is 0 Å². The van der Waals surface area contributed by atoms with E-state index in [0.29, 0.717) is 37.3 Å². The van der Waals surface area contributed by atoms with Crippen molar-refractivity contribution < 1.29 is 0 Å². The summed E-state index contributed by atoms with van der Waals surface area (Å²) in [7, 11) is 0. The maximum absolute atomic E-state index is 11.9. The Labute approximate surface area is 131 Å². The molecule has 0 fully saturated rings. The molecule has 9 heteroatoms. The van der Waals surface area contributed by atoms with Crippen LogP contribution in [0.2, 0.25) is 0 Å². The van der Waals surface area contributed by atoms with Crippen LogP contribution in [-0.4, -0.2) is 30.4 Å². The quantitative estimate of drug-likeness (QED) is 0.415. The highest BCUT2D eigenvalue weighted by Crippen LogP contribution is 2.36. The van der Waals surface area contributed by atoms with Gasteiger partial charge < -0.3 is 5.73 Å². The SMILES string of the molecule is Nc1c2nc3ccccc3nc2nc2sc3c(=O)[nH]nnc3c12. The Morgan fingerprint density at radius 3 is 2.65 bits per heavy atom. The summed E-state index contributed by atoms with van der Waals surface area (Å²) in [4.78, 5) is 26.1. The predicted molar refractivity (Wildman–Crippen MR) is 88.4 cm³/mol. The van der Waals surface area contributed by atoms with E-state index < -0.39 is 0 Å². The molecule has 0 aliphatic heterocycles. The van der Waals surface area contributed by atoms with Crippen molar-refractivity contribution in [2.75, 3.05) is 5.73 Å². The Bertz CT molecular complexity index is 1310. The summed E-state index contributed by atoms with van der Waals surface area (Å²) >= 11 is 1.22. The van der Waals surface area contributed by atoms with Gasteiger partial charge in [-0.3, -0.25) is 4.79 Å². The number of hydrogen-bond donors (Lipinski definition) is 2. The maximum Gasteiger partial charge on any atom is 0.285 e. The van der Waals surface area contributed by atoms with E-state index in [2.05, 4.69) is 30.4 Å². The number of hydrogen-bond acceptors (Lipinski definition) is 8. The number of nitrogens with two attached hydrogens (primary N) is 1. The fourth-order valence-corrected chi connectivity index (χ4v) is 3.63. The Morgan fingerprint density at radius 2 is 1.83 bits per heavy atom. The molecule has 0 atom stereocenters. The lowest BCUT2D eigenvalue weighted by molar-refractivity contribution is 0.876. The average Bonchev–Trinajstić information content (AvgIpc) is 2.94. The molecule has 8 nitrogen and oxygen atoms in total. The van der Waals surface area contributed by atoms with E-state index in [1.807, 2.05) is 24.3 Å².